The fourth-order valence-corrected chi connectivity index (χ4v) is 3.71. The smallest absolute Gasteiger partial charge is 0.371 e. The number of carbonyl (C=O) groups is 1. The van der Waals surface area contributed by atoms with Crippen LogP contribution in [0.4, 0.5) is 0 Å². The van der Waals surface area contributed by atoms with Crippen molar-refractivity contribution in [2.75, 3.05) is 6.54 Å². The summed E-state index contributed by atoms with van der Waals surface area (Å²) in [4.78, 5) is 10.4. The largest absolute Gasteiger partial charge is 0.475 e. The lowest BCUT2D eigenvalue weighted by Crippen LogP contribution is -2.34. The molecule has 1 aromatic rings. The van der Waals surface area contributed by atoms with Gasteiger partial charge in [0, 0.05) is 12.6 Å². The van der Waals surface area contributed by atoms with Crippen LogP contribution in [0, 0.1) is 5.41 Å². The van der Waals surface area contributed by atoms with Gasteiger partial charge in [0.05, 0.1) is 6.10 Å². The Bertz CT molecular complexity index is 616. The van der Waals surface area contributed by atoms with Crippen LogP contribution in [0.3, 0.4) is 0 Å². The lowest BCUT2D eigenvalue weighted by atomic mass is 9.89. The van der Waals surface area contributed by atoms with Gasteiger partial charge < -0.3 is 14.6 Å². The fourth-order valence-electron chi connectivity index (χ4n) is 1.70. The number of aliphatic hydroxyl groups excluding tert-OH is 1. The molecule has 1 heterocycles. The Morgan fingerprint density at radius 3 is 2.48 bits per heavy atom. The fraction of sp³-hybridized carbons (Fsp3) is 0.583. The van der Waals surface area contributed by atoms with Crippen LogP contribution in [0.15, 0.2) is 20.0 Å². The minimum Gasteiger partial charge on any atom is -0.475 e. The molecule has 0 saturated heterocycles. The number of furan rings is 1. The van der Waals surface area contributed by atoms with E-state index in [-0.39, 0.29) is 21.5 Å². The van der Waals surface area contributed by atoms with Gasteiger partial charge in [-0.2, -0.15) is 0 Å². The summed E-state index contributed by atoms with van der Waals surface area (Å²) in [5.74, 6) is -1.86. The number of aliphatic hydroxyl groups is 1. The topological polar surface area (TPSA) is 117 Å². The van der Waals surface area contributed by atoms with Crippen molar-refractivity contribution >= 4 is 31.9 Å². The molecule has 120 valence electrons. The molecule has 0 fully saturated rings. The van der Waals surface area contributed by atoms with Crippen LogP contribution in [-0.2, 0) is 10.0 Å². The molecule has 21 heavy (non-hydrogen) atoms. The Labute approximate surface area is 131 Å². The van der Waals surface area contributed by atoms with Gasteiger partial charge in [0.1, 0.15) is 4.90 Å². The predicted molar refractivity (Wildman–Crippen MR) is 78.6 cm³/mol. The third-order valence-electron chi connectivity index (χ3n) is 2.51. The summed E-state index contributed by atoms with van der Waals surface area (Å²) < 4.78 is 30.9. The molecule has 0 aliphatic rings. The van der Waals surface area contributed by atoms with Gasteiger partial charge in [-0.05, 0) is 27.8 Å². The summed E-state index contributed by atoms with van der Waals surface area (Å²) in [5, 5.41) is 18.6. The lowest BCUT2D eigenvalue weighted by Gasteiger charge is -2.22. The second-order valence-corrected chi connectivity index (χ2v) is 8.28. The molecule has 7 nitrogen and oxygen atoms in total. The molecule has 0 saturated carbocycles. The van der Waals surface area contributed by atoms with Gasteiger partial charge in [0.25, 0.3) is 0 Å². The molecule has 0 aliphatic carbocycles. The maximum atomic E-state index is 12.1. The molecule has 1 aromatic heterocycles. The van der Waals surface area contributed by atoms with E-state index in [0.717, 1.165) is 6.07 Å². The molecule has 1 rings (SSSR count). The Hall–Kier alpha value is -0.900. The van der Waals surface area contributed by atoms with Crippen molar-refractivity contribution in [3.05, 3.63) is 16.5 Å². The Kier molecular flexibility index (Phi) is 5.59. The molecule has 0 amide bonds. The van der Waals surface area contributed by atoms with Crippen LogP contribution in [0.1, 0.15) is 37.7 Å². The van der Waals surface area contributed by atoms with E-state index in [9.17, 15) is 18.3 Å². The molecule has 1 atom stereocenters. The van der Waals surface area contributed by atoms with Gasteiger partial charge in [0.15, 0.2) is 4.67 Å². The second kappa shape index (κ2) is 6.47. The normalized spacial score (nSPS) is 14.1. The minimum atomic E-state index is -3.97. The summed E-state index contributed by atoms with van der Waals surface area (Å²) in [7, 11) is -3.97. The van der Waals surface area contributed by atoms with Crippen LogP contribution in [0.5, 0.6) is 0 Å². The highest BCUT2D eigenvalue weighted by Gasteiger charge is 2.26. The highest BCUT2D eigenvalue weighted by atomic mass is 79.9. The third-order valence-corrected chi connectivity index (χ3v) is 4.79. The number of sulfonamides is 1. The molecule has 0 spiro atoms. The predicted octanol–water partition coefficient (Wildman–Crippen LogP) is 1.82. The van der Waals surface area contributed by atoms with E-state index in [1.165, 1.54) is 0 Å². The Morgan fingerprint density at radius 1 is 1.48 bits per heavy atom. The van der Waals surface area contributed by atoms with Crippen molar-refractivity contribution in [2.45, 2.75) is 38.2 Å². The molecule has 0 aliphatic heterocycles. The highest BCUT2D eigenvalue weighted by molar-refractivity contribution is 9.10. The monoisotopic (exact) mass is 383 g/mol. The molecular weight excluding hydrogens is 366 g/mol. The van der Waals surface area contributed by atoms with Crippen molar-refractivity contribution in [3.8, 4) is 0 Å². The van der Waals surface area contributed by atoms with Gasteiger partial charge in [-0.1, -0.05) is 20.8 Å². The van der Waals surface area contributed by atoms with Crippen molar-refractivity contribution in [1.29, 1.82) is 0 Å². The number of hydrogen-bond donors (Lipinski definition) is 3. The Morgan fingerprint density at radius 2 is 2.05 bits per heavy atom. The van der Waals surface area contributed by atoms with E-state index in [1.54, 1.807) is 0 Å². The number of aromatic carboxylic acids is 1. The maximum absolute atomic E-state index is 12.1. The van der Waals surface area contributed by atoms with E-state index >= 15 is 0 Å². The van der Waals surface area contributed by atoms with E-state index < -0.39 is 27.9 Å². The van der Waals surface area contributed by atoms with Gasteiger partial charge in [-0.3, -0.25) is 0 Å². The van der Waals surface area contributed by atoms with Gasteiger partial charge >= 0.3 is 5.97 Å². The number of halogens is 1. The molecule has 1 unspecified atom stereocenters. The Balaban J connectivity index is 2.81. The molecule has 0 bridgehead atoms. The summed E-state index contributed by atoms with van der Waals surface area (Å²) in [5.41, 5.74) is -0.141. The van der Waals surface area contributed by atoms with E-state index in [2.05, 4.69) is 20.7 Å². The van der Waals surface area contributed by atoms with E-state index in [0.29, 0.717) is 6.42 Å². The summed E-state index contributed by atoms with van der Waals surface area (Å²) in [6, 6.07) is 0.908. The first-order valence-electron chi connectivity index (χ1n) is 6.13. The number of rotatable bonds is 6. The highest BCUT2D eigenvalue weighted by Crippen LogP contribution is 2.26. The van der Waals surface area contributed by atoms with Crippen LogP contribution in [0.25, 0.3) is 0 Å². The first kappa shape index (κ1) is 18.1. The first-order chi connectivity index (χ1) is 9.42. The quantitative estimate of drug-likeness (QED) is 0.689. The molecular formula is C12H18BrNO6S. The average Bonchev–Trinajstić information content (AvgIpc) is 2.67. The maximum Gasteiger partial charge on any atom is 0.371 e. The molecule has 9 heteroatoms. The van der Waals surface area contributed by atoms with Crippen molar-refractivity contribution in [2.24, 2.45) is 5.41 Å². The van der Waals surface area contributed by atoms with E-state index in [1.807, 2.05) is 20.8 Å². The number of hydrogen-bond acceptors (Lipinski definition) is 5. The lowest BCUT2D eigenvalue weighted by molar-refractivity contribution is 0.0661. The van der Waals surface area contributed by atoms with Gasteiger partial charge in [-0.15, -0.1) is 0 Å². The van der Waals surface area contributed by atoms with Crippen LogP contribution >= 0.6 is 15.9 Å². The molecule has 3 N–H and O–H groups in total. The third kappa shape index (κ3) is 5.42. The first-order valence-corrected chi connectivity index (χ1v) is 8.40. The molecule has 0 radical (unpaired) electrons. The molecule has 0 aromatic carbocycles. The van der Waals surface area contributed by atoms with Crippen LogP contribution < -0.4 is 4.72 Å². The van der Waals surface area contributed by atoms with E-state index in [4.69, 9.17) is 9.52 Å². The van der Waals surface area contributed by atoms with Crippen LogP contribution in [-0.4, -0.2) is 37.2 Å². The summed E-state index contributed by atoms with van der Waals surface area (Å²) >= 11 is 2.87. The van der Waals surface area contributed by atoms with Gasteiger partial charge in [-0.25, -0.2) is 17.9 Å². The summed E-state index contributed by atoms with van der Waals surface area (Å²) in [6.07, 6.45) is -0.424. The van der Waals surface area contributed by atoms with Crippen molar-refractivity contribution < 1.29 is 27.8 Å². The van der Waals surface area contributed by atoms with Gasteiger partial charge in [0.2, 0.25) is 15.8 Å². The average molecular weight is 384 g/mol. The number of nitrogens with one attached hydrogen (secondary N) is 1. The zero-order valence-electron chi connectivity index (χ0n) is 11.9. The minimum absolute atomic E-state index is 0.141. The van der Waals surface area contributed by atoms with Crippen molar-refractivity contribution in [3.63, 3.8) is 0 Å². The second-order valence-electron chi connectivity index (χ2n) is 5.82. The zero-order valence-corrected chi connectivity index (χ0v) is 14.3. The summed E-state index contributed by atoms with van der Waals surface area (Å²) in [6.45, 7) is 5.61. The SMILES string of the molecule is CC(C)(C)CC(O)CNS(=O)(=O)c1cc(C(=O)O)oc1Br. The standard InChI is InChI=1S/C12H18BrNO6S/c1-12(2,3)5-7(15)6-14-21(18,19)9-4-8(11(16)17)20-10(9)13/h4,7,14-15H,5-6H2,1-3H3,(H,16,17). The zero-order chi connectivity index (χ0) is 16.4. The van der Waals surface area contributed by atoms with Crippen molar-refractivity contribution in [1.82, 2.24) is 4.72 Å². The van der Waals surface area contributed by atoms with Crippen LogP contribution in [0.2, 0.25) is 0 Å². The number of carboxylic acid groups (broad SMARTS) is 1. The number of carboxylic acids is 1.